The predicted octanol–water partition coefficient (Wildman–Crippen LogP) is 3.43. The van der Waals surface area contributed by atoms with Crippen molar-refractivity contribution in [2.24, 2.45) is 0 Å². The summed E-state index contributed by atoms with van der Waals surface area (Å²) in [4.78, 5) is 7.32. The summed E-state index contributed by atoms with van der Waals surface area (Å²) >= 11 is 3.38. The first-order chi connectivity index (χ1) is 7.65. The van der Waals surface area contributed by atoms with Gasteiger partial charge in [0.05, 0.1) is 0 Å². The minimum Gasteiger partial charge on any atom is -0.340 e. The Kier molecular flexibility index (Phi) is 3.14. The van der Waals surface area contributed by atoms with Gasteiger partial charge in [-0.2, -0.15) is 4.39 Å². The topological polar surface area (TPSA) is 37.8 Å². The molecule has 0 bridgehead atoms. The molecule has 1 N–H and O–H groups in total. The van der Waals surface area contributed by atoms with Crippen LogP contribution in [0.5, 0.6) is 0 Å². The molecule has 0 radical (unpaired) electrons. The van der Waals surface area contributed by atoms with Gasteiger partial charge in [0, 0.05) is 16.2 Å². The molecular formula is C11H9BrFN3. The predicted molar refractivity (Wildman–Crippen MR) is 64.2 cm³/mol. The van der Waals surface area contributed by atoms with Gasteiger partial charge in [0.2, 0.25) is 5.95 Å². The summed E-state index contributed by atoms with van der Waals surface area (Å²) in [5, 5.41) is 3.03. The first-order valence-electron chi connectivity index (χ1n) is 4.66. The lowest BCUT2D eigenvalue weighted by Crippen LogP contribution is -1.97. The second-order valence-electron chi connectivity index (χ2n) is 3.31. The van der Waals surface area contributed by atoms with E-state index in [0.717, 1.165) is 15.7 Å². The number of benzene rings is 1. The Bertz CT molecular complexity index is 516. The number of nitrogens with zero attached hydrogens (tertiary/aromatic N) is 2. The lowest BCUT2D eigenvalue weighted by Gasteiger charge is -2.08. The summed E-state index contributed by atoms with van der Waals surface area (Å²) in [6.07, 6.45) is 1.19. The normalized spacial score (nSPS) is 10.2. The van der Waals surface area contributed by atoms with Crippen LogP contribution < -0.4 is 5.32 Å². The standard InChI is InChI=1S/C11H9BrFN3/c1-7-2-3-8(12)4-9(7)16-11-5-10(13)14-6-15-11/h2-6H,1H3,(H,14,15,16). The number of rotatable bonds is 2. The zero-order valence-corrected chi connectivity index (χ0v) is 10.1. The van der Waals surface area contributed by atoms with Crippen LogP contribution in [-0.4, -0.2) is 9.97 Å². The van der Waals surface area contributed by atoms with Crippen molar-refractivity contribution in [3.63, 3.8) is 0 Å². The summed E-state index contributed by atoms with van der Waals surface area (Å²) in [5.74, 6) is -0.112. The Labute approximate surface area is 101 Å². The molecule has 0 amide bonds. The molecule has 0 fully saturated rings. The van der Waals surface area contributed by atoms with Crippen molar-refractivity contribution in [1.82, 2.24) is 9.97 Å². The van der Waals surface area contributed by atoms with Crippen LogP contribution >= 0.6 is 15.9 Å². The molecule has 1 aromatic heterocycles. The third-order valence-electron chi connectivity index (χ3n) is 2.10. The fraction of sp³-hybridized carbons (Fsp3) is 0.0909. The van der Waals surface area contributed by atoms with Crippen LogP contribution in [-0.2, 0) is 0 Å². The van der Waals surface area contributed by atoms with Crippen LogP contribution in [0, 0.1) is 12.9 Å². The van der Waals surface area contributed by atoms with E-state index in [1.165, 1.54) is 12.4 Å². The maximum atomic E-state index is 12.8. The van der Waals surface area contributed by atoms with Crippen molar-refractivity contribution in [3.05, 3.63) is 46.6 Å². The number of hydrogen-bond donors (Lipinski definition) is 1. The lowest BCUT2D eigenvalue weighted by atomic mass is 10.2. The average Bonchev–Trinajstić information content (AvgIpc) is 2.24. The van der Waals surface area contributed by atoms with Crippen LogP contribution in [0.15, 0.2) is 35.1 Å². The molecule has 0 atom stereocenters. The van der Waals surface area contributed by atoms with E-state index in [2.05, 4.69) is 31.2 Å². The van der Waals surface area contributed by atoms with E-state index < -0.39 is 5.95 Å². The van der Waals surface area contributed by atoms with Gasteiger partial charge in [-0.25, -0.2) is 9.97 Å². The zero-order chi connectivity index (χ0) is 11.5. The molecule has 0 spiro atoms. The fourth-order valence-electron chi connectivity index (χ4n) is 1.27. The fourth-order valence-corrected chi connectivity index (χ4v) is 1.63. The third kappa shape index (κ3) is 2.55. The van der Waals surface area contributed by atoms with E-state index in [1.807, 2.05) is 25.1 Å². The smallest absolute Gasteiger partial charge is 0.218 e. The molecule has 2 rings (SSSR count). The van der Waals surface area contributed by atoms with Gasteiger partial charge in [0.1, 0.15) is 12.1 Å². The van der Waals surface area contributed by atoms with Crippen molar-refractivity contribution in [3.8, 4) is 0 Å². The van der Waals surface area contributed by atoms with Gasteiger partial charge < -0.3 is 5.32 Å². The van der Waals surface area contributed by atoms with Crippen LogP contribution in [0.4, 0.5) is 15.9 Å². The largest absolute Gasteiger partial charge is 0.340 e. The number of nitrogens with one attached hydrogen (secondary N) is 1. The maximum Gasteiger partial charge on any atom is 0.218 e. The number of anilines is 2. The van der Waals surface area contributed by atoms with Gasteiger partial charge in [-0.05, 0) is 24.6 Å². The lowest BCUT2D eigenvalue weighted by molar-refractivity contribution is 0.580. The molecule has 1 heterocycles. The molecule has 0 saturated carbocycles. The van der Waals surface area contributed by atoms with Gasteiger partial charge in [-0.3, -0.25) is 0 Å². The highest BCUT2D eigenvalue weighted by Gasteiger charge is 2.02. The third-order valence-corrected chi connectivity index (χ3v) is 2.59. The van der Waals surface area contributed by atoms with Crippen LogP contribution in [0.25, 0.3) is 0 Å². The molecule has 2 aromatic rings. The monoisotopic (exact) mass is 281 g/mol. The summed E-state index contributed by atoms with van der Waals surface area (Å²) in [6, 6.07) is 7.07. The molecule has 0 aliphatic carbocycles. The molecule has 3 nitrogen and oxygen atoms in total. The number of hydrogen-bond acceptors (Lipinski definition) is 3. The Hall–Kier alpha value is -1.49. The van der Waals surface area contributed by atoms with Gasteiger partial charge in [0.25, 0.3) is 0 Å². The molecule has 5 heteroatoms. The second kappa shape index (κ2) is 4.57. The molecule has 0 saturated heterocycles. The van der Waals surface area contributed by atoms with E-state index in [9.17, 15) is 4.39 Å². The van der Waals surface area contributed by atoms with E-state index >= 15 is 0 Å². The summed E-state index contributed by atoms with van der Waals surface area (Å²) in [6.45, 7) is 1.96. The SMILES string of the molecule is Cc1ccc(Br)cc1Nc1cc(F)ncn1. The highest BCUT2D eigenvalue weighted by Crippen LogP contribution is 2.23. The minimum absolute atomic E-state index is 0.439. The Morgan fingerprint density at radius 3 is 2.81 bits per heavy atom. The second-order valence-corrected chi connectivity index (χ2v) is 4.23. The molecule has 0 aliphatic heterocycles. The zero-order valence-electron chi connectivity index (χ0n) is 8.54. The van der Waals surface area contributed by atoms with Gasteiger partial charge in [-0.1, -0.05) is 22.0 Å². The van der Waals surface area contributed by atoms with Crippen molar-refractivity contribution in [2.75, 3.05) is 5.32 Å². The first-order valence-corrected chi connectivity index (χ1v) is 5.45. The average molecular weight is 282 g/mol. The number of aromatic nitrogens is 2. The van der Waals surface area contributed by atoms with Crippen molar-refractivity contribution >= 4 is 27.4 Å². The van der Waals surface area contributed by atoms with Crippen LogP contribution in [0.1, 0.15) is 5.56 Å². The van der Waals surface area contributed by atoms with E-state index in [-0.39, 0.29) is 0 Å². The molecule has 1 aromatic carbocycles. The van der Waals surface area contributed by atoms with Crippen molar-refractivity contribution in [2.45, 2.75) is 6.92 Å². The van der Waals surface area contributed by atoms with E-state index in [4.69, 9.17) is 0 Å². The first kappa shape index (κ1) is 11.0. The van der Waals surface area contributed by atoms with Gasteiger partial charge >= 0.3 is 0 Å². The Morgan fingerprint density at radius 1 is 1.25 bits per heavy atom. The van der Waals surface area contributed by atoms with Gasteiger partial charge in [-0.15, -0.1) is 0 Å². The number of halogens is 2. The van der Waals surface area contributed by atoms with E-state index in [1.54, 1.807) is 0 Å². The molecule has 82 valence electrons. The van der Waals surface area contributed by atoms with Crippen LogP contribution in [0.2, 0.25) is 0 Å². The van der Waals surface area contributed by atoms with Crippen molar-refractivity contribution < 1.29 is 4.39 Å². The summed E-state index contributed by atoms with van der Waals surface area (Å²) in [7, 11) is 0. The Morgan fingerprint density at radius 2 is 2.06 bits per heavy atom. The van der Waals surface area contributed by atoms with E-state index in [0.29, 0.717) is 5.82 Å². The molecule has 0 unspecified atom stereocenters. The highest BCUT2D eigenvalue weighted by molar-refractivity contribution is 9.10. The Balaban J connectivity index is 2.30. The summed E-state index contributed by atoms with van der Waals surface area (Å²) < 4.78 is 13.8. The maximum absolute atomic E-state index is 12.8. The number of aryl methyl sites for hydroxylation is 1. The summed E-state index contributed by atoms with van der Waals surface area (Å²) in [5.41, 5.74) is 1.94. The quantitative estimate of drug-likeness (QED) is 0.857. The van der Waals surface area contributed by atoms with Crippen molar-refractivity contribution in [1.29, 1.82) is 0 Å². The minimum atomic E-state index is -0.551. The van der Waals surface area contributed by atoms with Crippen LogP contribution in [0.3, 0.4) is 0 Å². The molecule has 0 aliphatic rings. The molecular weight excluding hydrogens is 273 g/mol. The highest BCUT2D eigenvalue weighted by atomic mass is 79.9. The van der Waals surface area contributed by atoms with Gasteiger partial charge in [0.15, 0.2) is 0 Å². The molecule has 16 heavy (non-hydrogen) atoms.